The molecular weight excluding hydrogens is 338 g/mol. The number of hydrogen-bond acceptors (Lipinski definition) is 5. The molecule has 5 nitrogen and oxygen atoms in total. The third-order valence-corrected chi connectivity index (χ3v) is 5.23. The van der Waals surface area contributed by atoms with Gasteiger partial charge in [-0.1, -0.05) is 39.8 Å². The summed E-state index contributed by atoms with van der Waals surface area (Å²) >= 11 is 5.10. The van der Waals surface area contributed by atoms with Crippen molar-refractivity contribution in [2.75, 3.05) is 0 Å². The van der Waals surface area contributed by atoms with Gasteiger partial charge in [-0.15, -0.1) is 5.10 Å². The summed E-state index contributed by atoms with van der Waals surface area (Å²) in [5.41, 5.74) is 7.35. The van der Waals surface area contributed by atoms with E-state index < -0.39 is 0 Å². The summed E-state index contributed by atoms with van der Waals surface area (Å²) in [6.07, 6.45) is 2.33. The maximum Gasteiger partial charge on any atom is 0.210 e. The van der Waals surface area contributed by atoms with Crippen LogP contribution in [0.4, 0.5) is 0 Å². The fourth-order valence-electron chi connectivity index (χ4n) is 2.06. The van der Waals surface area contributed by atoms with Gasteiger partial charge in [0.2, 0.25) is 5.16 Å². The zero-order valence-corrected chi connectivity index (χ0v) is 13.5. The van der Waals surface area contributed by atoms with E-state index in [-0.39, 0.29) is 11.3 Å². The monoisotopic (exact) mass is 353 g/mol. The summed E-state index contributed by atoms with van der Waals surface area (Å²) in [6, 6.07) is 8.76. The Morgan fingerprint density at radius 3 is 2.65 bits per heavy atom. The van der Waals surface area contributed by atoms with Crippen LogP contribution in [0.15, 0.2) is 33.9 Å². The van der Waals surface area contributed by atoms with E-state index in [2.05, 4.69) is 43.6 Å². The molecule has 0 aliphatic heterocycles. The van der Waals surface area contributed by atoms with Gasteiger partial charge in [0, 0.05) is 10.5 Å². The van der Waals surface area contributed by atoms with Crippen LogP contribution < -0.4 is 5.73 Å². The van der Waals surface area contributed by atoms with Crippen LogP contribution in [0.2, 0.25) is 0 Å². The average molecular weight is 354 g/mol. The van der Waals surface area contributed by atoms with E-state index in [1.165, 1.54) is 18.4 Å². The molecule has 1 fully saturated rings. The van der Waals surface area contributed by atoms with Crippen LogP contribution in [0.1, 0.15) is 36.6 Å². The van der Waals surface area contributed by atoms with E-state index in [0.29, 0.717) is 6.04 Å². The second-order valence-corrected chi connectivity index (χ2v) is 7.11. The first-order valence-corrected chi connectivity index (χ1v) is 8.28. The van der Waals surface area contributed by atoms with Crippen molar-refractivity contribution in [2.45, 2.75) is 42.3 Å². The number of nitrogens with zero attached hydrogens (tertiary/aromatic N) is 4. The van der Waals surface area contributed by atoms with Crippen molar-refractivity contribution in [3.63, 3.8) is 0 Å². The Morgan fingerprint density at radius 1 is 1.35 bits per heavy atom. The molecule has 2 aromatic rings. The minimum atomic E-state index is 0.0190. The van der Waals surface area contributed by atoms with E-state index in [9.17, 15) is 0 Å². The second-order valence-electron chi connectivity index (χ2n) is 5.09. The maximum atomic E-state index is 6.15. The molecule has 0 radical (unpaired) electrons. The topological polar surface area (TPSA) is 69.6 Å². The SMILES string of the molecule is CC(N)C(Sc1nnnn1C1CC1)c1ccc(Br)cc1. The fraction of sp³-hybridized carbons (Fsp3) is 0.462. The van der Waals surface area contributed by atoms with E-state index in [1.807, 2.05) is 23.7 Å². The number of nitrogens with two attached hydrogens (primary N) is 1. The van der Waals surface area contributed by atoms with Crippen molar-refractivity contribution in [3.8, 4) is 0 Å². The predicted molar refractivity (Wildman–Crippen MR) is 82.5 cm³/mol. The lowest BCUT2D eigenvalue weighted by Gasteiger charge is -2.20. The molecule has 3 rings (SSSR count). The zero-order chi connectivity index (χ0) is 14.1. The molecule has 1 aromatic carbocycles. The Bertz CT molecular complexity index is 579. The predicted octanol–water partition coefficient (Wildman–Crippen LogP) is 2.95. The lowest BCUT2D eigenvalue weighted by Crippen LogP contribution is -2.23. The first-order valence-electron chi connectivity index (χ1n) is 6.60. The zero-order valence-electron chi connectivity index (χ0n) is 11.1. The molecule has 0 amide bonds. The molecule has 2 N–H and O–H groups in total. The van der Waals surface area contributed by atoms with Crippen molar-refractivity contribution >= 4 is 27.7 Å². The summed E-state index contributed by atoms with van der Waals surface area (Å²) in [4.78, 5) is 0. The average Bonchev–Trinajstić information content (AvgIpc) is 3.16. The number of tetrazole rings is 1. The third-order valence-electron chi connectivity index (χ3n) is 3.26. The van der Waals surface area contributed by atoms with Gasteiger partial charge >= 0.3 is 0 Å². The quantitative estimate of drug-likeness (QED) is 0.836. The molecule has 106 valence electrons. The Balaban J connectivity index is 1.83. The van der Waals surface area contributed by atoms with Crippen molar-refractivity contribution in [2.24, 2.45) is 5.73 Å². The van der Waals surface area contributed by atoms with E-state index in [4.69, 9.17) is 5.73 Å². The van der Waals surface area contributed by atoms with Gasteiger partial charge in [0.15, 0.2) is 0 Å². The molecule has 1 aliphatic carbocycles. The Kier molecular flexibility index (Phi) is 4.09. The summed E-state index contributed by atoms with van der Waals surface area (Å²) in [6.45, 7) is 2.02. The second kappa shape index (κ2) is 5.83. The standard InChI is InChI=1S/C13H16BrN5S/c1-8(15)12(9-2-4-10(14)5-3-9)20-13-16-17-18-19(13)11-6-7-11/h2-5,8,11-12H,6-7,15H2,1H3. The van der Waals surface area contributed by atoms with Gasteiger partial charge in [0.1, 0.15) is 0 Å². The van der Waals surface area contributed by atoms with E-state index >= 15 is 0 Å². The molecule has 0 bridgehead atoms. The molecule has 1 saturated carbocycles. The molecule has 20 heavy (non-hydrogen) atoms. The van der Waals surface area contributed by atoms with Crippen LogP contribution >= 0.6 is 27.7 Å². The molecular formula is C13H16BrN5S. The molecule has 1 aromatic heterocycles. The first kappa shape index (κ1) is 14.0. The molecule has 1 aliphatic rings. The molecule has 0 spiro atoms. The van der Waals surface area contributed by atoms with Gasteiger partial charge in [0.25, 0.3) is 0 Å². The summed E-state index contributed by atoms with van der Waals surface area (Å²) < 4.78 is 3.00. The van der Waals surface area contributed by atoms with Crippen LogP contribution in [-0.2, 0) is 0 Å². The van der Waals surface area contributed by atoms with Crippen LogP contribution in [0, 0.1) is 0 Å². The van der Waals surface area contributed by atoms with Gasteiger partial charge in [-0.2, -0.15) is 0 Å². The molecule has 7 heteroatoms. The van der Waals surface area contributed by atoms with Crippen molar-refractivity contribution in [1.82, 2.24) is 20.2 Å². The fourth-order valence-corrected chi connectivity index (χ4v) is 3.43. The number of aromatic nitrogens is 4. The maximum absolute atomic E-state index is 6.15. The largest absolute Gasteiger partial charge is 0.327 e. The van der Waals surface area contributed by atoms with Gasteiger partial charge in [0.05, 0.1) is 11.3 Å². The Hall–Kier alpha value is -0.920. The lowest BCUT2D eigenvalue weighted by atomic mass is 10.1. The molecule has 2 unspecified atom stereocenters. The van der Waals surface area contributed by atoms with Crippen molar-refractivity contribution in [3.05, 3.63) is 34.3 Å². The van der Waals surface area contributed by atoms with Crippen LogP contribution in [0.25, 0.3) is 0 Å². The third kappa shape index (κ3) is 3.05. The smallest absolute Gasteiger partial charge is 0.210 e. The van der Waals surface area contributed by atoms with Gasteiger partial charge in [-0.3, -0.25) is 0 Å². The van der Waals surface area contributed by atoms with Crippen molar-refractivity contribution in [1.29, 1.82) is 0 Å². The van der Waals surface area contributed by atoms with Crippen LogP contribution in [0.3, 0.4) is 0 Å². The van der Waals surface area contributed by atoms with E-state index in [1.54, 1.807) is 11.8 Å². The number of rotatable bonds is 5. The Morgan fingerprint density at radius 2 is 2.05 bits per heavy atom. The first-order chi connectivity index (χ1) is 9.65. The number of hydrogen-bond donors (Lipinski definition) is 1. The highest BCUT2D eigenvalue weighted by Gasteiger charge is 2.30. The highest BCUT2D eigenvalue weighted by molar-refractivity contribution is 9.10. The number of halogens is 1. The lowest BCUT2D eigenvalue weighted by molar-refractivity contribution is 0.563. The summed E-state index contributed by atoms with van der Waals surface area (Å²) in [5.74, 6) is 0. The molecule has 2 atom stereocenters. The minimum Gasteiger partial charge on any atom is -0.327 e. The normalized spacial score (nSPS) is 17.9. The van der Waals surface area contributed by atoms with Crippen molar-refractivity contribution < 1.29 is 0 Å². The van der Waals surface area contributed by atoms with E-state index in [0.717, 1.165) is 9.63 Å². The Labute approximate surface area is 130 Å². The number of benzene rings is 1. The summed E-state index contributed by atoms with van der Waals surface area (Å²) in [5, 5.41) is 13.0. The molecule has 1 heterocycles. The summed E-state index contributed by atoms with van der Waals surface area (Å²) in [7, 11) is 0. The highest BCUT2D eigenvalue weighted by atomic mass is 79.9. The number of thioether (sulfide) groups is 1. The van der Waals surface area contributed by atoms with Gasteiger partial charge in [-0.25, -0.2) is 4.68 Å². The van der Waals surface area contributed by atoms with Crippen LogP contribution in [0.5, 0.6) is 0 Å². The van der Waals surface area contributed by atoms with Crippen LogP contribution in [-0.4, -0.2) is 26.2 Å². The van der Waals surface area contributed by atoms with Gasteiger partial charge < -0.3 is 5.73 Å². The molecule has 0 saturated heterocycles. The highest BCUT2D eigenvalue weighted by Crippen LogP contribution is 2.41. The minimum absolute atomic E-state index is 0.0190. The van der Waals surface area contributed by atoms with Gasteiger partial charge in [-0.05, 0) is 47.9 Å².